The Hall–Kier alpha value is -3.05. The molecule has 2 N–H and O–H groups in total. The van der Waals surface area contributed by atoms with Crippen LogP contribution >= 0.6 is 0 Å². The van der Waals surface area contributed by atoms with Crippen LogP contribution in [0, 0.1) is 17.1 Å². The summed E-state index contributed by atoms with van der Waals surface area (Å²) in [4.78, 5) is 16.5. The number of para-hydroxylation sites is 1. The van der Waals surface area contributed by atoms with Gasteiger partial charge in [0.2, 0.25) is 0 Å². The number of likely N-dealkylation sites (N-methyl/N-ethyl adjacent to an activating group) is 1. The van der Waals surface area contributed by atoms with E-state index in [1.807, 2.05) is 13.1 Å². The average Bonchev–Trinajstić information content (AvgIpc) is 2.97. The number of nitrogen functional groups attached to an aromatic ring is 1. The Morgan fingerprint density at radius 2 is 2.00 bits per heavy atom. The SMILES string of the molecule is COC(=O)c1c(N)c(C#N)cn1-c1c(F)cccc1N1CCN(C)CC1. The van der Waals surface area contributed by atoms with E-state index in [0.717, 1.165) is 26.2 Å². The second kappa shape index (κ2) is 7.06. The second-order valence-corrected chi connectivity index (χ2v) is 6.18. The maximum absolute atomic E-state index is 14.8. The number of nitrogens with zero attached hydrogens (tertiary/aromatic N) is 4. The van der Waals surface area contributed by atoms with Crippen LogP contribution in [-0.4, -0.2) is 55.8 Å². The predicted octanol–water partition coefficient (Wildman–Crippen LogP) is 1.61. The smallest absolute Gasteiger partial charge is 0.357 e. The molecule has 0 atom stereocenters. The number of ether oxygens (including phenoxy) is 1. The van der Waals surface area contributed by atoms with E-state index in [2.05, 4.69) is 9.80 Å². The molecule has 136 valence electrons. The highest BCUT2D eigenvalue weighted by Gasteiger charge is 2.27. The van der Waals surface area contributed by atoms with E-state index in [-0.39, 0.29) is 22.6 Å². The van der Waals surface area contributed by atoms with Gasteiger partial charge in [0.05, 0.1) is 24.0 Å². The molecule has 0 radical (unpaired) electrons. The summed E-state index contributed by atoms with van der Waals surface area (Å²) >= 11 is 0. The minimum atomic E-state index is -0.725. The largest absolute Gasteiger partial charge is 0.464 e. The van der Waals surface area contributed by atoms with Gasteiger partial charge in [-0.2, -0.15) is 5.26 Å². The molecule has 1 aromatic heterocycles. The standard InChI is InChI=1S/C18H20FN5O2/c1-22-6-8-23(9-7-22)14-5-3-4-13(19)16(14)24-11-12(10-20)15(21)17(24)18(25)26-2/h3-5,11H,6-9,21H2,1-2H3. The van der Waals surface area contributed by atoms with Crippen LogP contribution in [0.3, 0.4) is 0 Å². The minimum Gasteiger partial charge on any atom is -0.464 e. The van der Waals surface area contributed by atoms with E-state index in [9.17, 15) is 14.4 Å². The monoisotopic (exact) mass is 357 g/mol. The summed E-state index contributed by atoms with van der Waals surface area (Å²) in [6, 6.07) is 6.68. The molecule has 26 heavy (non-hydrogen) atoms. The molecule has 0 spiro atoms. The number of hydrogen-bond donors (Lipinski definition) is 1. The number of nitrogens with two attached hydrogens (primary N) is 1. The number of anilines is 2. The minimum absolute atomic E-state index is 0.0214. The van der Waals surface area contributed by atoms with Gasteiger partial charge in [-0.1, -0.05) is 6.07 Å². The zero-order valence-corrected chi connectivity index (χ0v) is 14.7. The number of carbonyl (C=O) groups excluding carboxylic acids is 1. The Labute approximate surface area is 151 Å². The number of rotatable bonds is 3. The fourth-order valence-electron chi connectivity index (χ4n) is 3.14. The van der Waals surface area contributed by atoms with Gasteiger partial charge in [-0.25, -0.2) is 9.18 Å². The summed E-state index contributed by atoms with van der Waals surface area (Å²) in [7, 11) is 3.25. The highest BCUT2D eigenvalue weighted by molar-refractivity contribution is 5.96. The van der Waals surface area contributed by atoms with Crippen molar-refractivity contribution in [2.24, 2.45) is 0 Å². The second-order valence-electron chi connectivity index (χ2n) is 6.18. The lowest BCUT2D eigenvalue weighted by atomic mass is 10.2. The van der Waals surface area contributed by atoms with E-state index in [0.29, 0.717) is 5.69 Å². The Balaban J connectivity index is 2.19. The van der Waals surface area contributed by atoms with Gasteiger partial charge in [0.25, 0.3) is 0 Å². The lowest BCUT2D eigenvalue weighted by Gasteiger charge is -2.35. The van der Waals surface area contributed by atoms with E-state index in [1.54, 1.807) is 12.1 Å². The summed E-state index contributed by atoms with van der Waals surface area (Å²) in [6.45, 7) is 3.14. The quantitative estimate of drug-likeness (QED) is 0.840. The maximum atomic E-state index is 14.8. The van der Waals surface area contributed by atoms with E-state index in [1.165, 1.54) is 23.9 Å². The van der Waals surface area contributed by atoms with E-state index in [4.69, 9.17) is 10.5 Å². The number of halogens is 1. The third-order valence-electron chi connectivity index (χ3n) is 4.59. The van der Waals surface area contributed by atoms with Crippen molar-refractivity contribution < 1.29 is 13.9 Å². The first-order valence-electron chi connectivity index (χ1n) is 8.19. The molecular formula is C18H20FN5O2. The van der Waals surface area contributed by atoms with Crippen molar-refractivity contribution in [2.75, 3.05) is 51.0 Å². The van der Waals surface area contributed by atoms with Crippen molar-refractivity contribution in [1.29, 1.82) is 5.26 Å². The van der Waals surface area contributed by atoms with Crippen molar-refractivity contribution in [3.8, 4) is 11.8 Å². The number of benzene rings is 1. The van der Waals surface area contributed by atoms with Crippen LogP contribution in [0.5, 0.6) is 0 Å². The molecule has 7 nitrogen and oxygen atoms in total. The normalized spacial score (nSPS) is 14.9. The molecule has 0 bridgehead atoms. The topological polar surface area (TPSA) is 87.5 Å². The zero-order valence-electron chi connectivity index (χ0n) is 14.7. The number of methoxy groups -OCH3 is 1. The molecule has 1 aliphatic rings. The Bertz CT molecular complexity index is 878. The van der Waals surface area contributed by atoms with E-state index < -0.39 is 11.8 Å². The molecule has 0 unspecified atom stereocenters. The zero-order chi connectivity index (χ0) is 18.8. The van der Waals surface area contributed by atoms with Crippen LogP contribution in [0.2, 0.25) is 0 Å². The third-order valence-corrected chi connectivity index (χ3v) is 4.59. The van der Waals surface area contributed by atoms with Gasteiger partial charge in [-0.15, -0.1) is 0 Å². The van der Waals surface area contributed by atoms with Crippen molar-refractivity contribution in [2.45, 2.75) is 0 Å². The van der Waals surface area contributed by atoms with Gasteiger partial charge >= 0.3 is 5.97 Å². The summed E-state index contributed by atoms with van der Waals surface area (Å²) in [5.41, 5.74) is 6.79. The van der Waals surface area contributed by atoms with Crippen LogP contribution in [0.1, 0.15) is 16.1 Å². The highest BCUT2D eigenvalue weighted by Crippen LogP contribution is 2.33. The number of piperazine rings is 1. The van der Waals surface area contributed by atoms with Gasteiger partial charge in [0.1, 0.15) is 17.6 Å². The molecular weight excluding hydrogens is 337 g/mol. The third kappa shape index (κ3) is 2.97. The van der Waals surface area contributed by atoms with Crippen LogP contribution in [-0.2, 0) is 4.74 Å². The Kier molecular flexibility index (Phi) is 4.82. The molecule has 0 aliphatic carbocycles. The summed E-state index contributed by atoms with van der Waals surface area (Å²) in [5, 5.41) is 9.27. The molecule has 2 heterocycles. The highest BCUT2D eigenvalue weighted by atomic mass is 19.1. The molecule has 8 heteroatoms. The van der Waals surface area contributed by atoms with Crippen LogP contribution < -0.4 is 10.6 Å². The fraction of sp³-hybridized carbons (Fsp3) is 0.333. The summed E-state index contributed by atoms with van der Waals surface area (Å²) in [6.07, 6.45) is 1.37. The maximum Gasteiger partial charge on any atom is 0.357 e. The Morgan fingerprint density at radius 1 is 1.31 bits per heavy atom. The van der Waals surface area contributed by atoms with Gasteiger partial charge in [0, 0.05) is 32.4 Å². The summed E-state index contributed by atoms with van der Waals surface area (Å²) < 4.78 is 20.9. The van der Waals surface area contributed by atoms with Crippen molar-refractivity contribution >= 4 is 17.3 Å². The molecule has 2 aromatic rings. The number of aromatic nitrogens is 1. The van der Waals surface area contributed by atoms with Gasteiger partial charge in [-0.05, 0) is 19.2 Å². The molecule has 3 rings (SSSR count). The van der Waals surface area contributed by atoms with E-state index >= 15 is 0 Å². The molecule has 1 aromatic carbocycles. The lowest BCUT2D eigenvalue weighted by molar-refractivity contribution is 0.0593. The number of nitriles is 1. The predicted molar refractivity (Wildman–Crippen MR) is 95.9 cm³/mol. The number of esters is 1. The molecule has 1 saturated heterocycles. The van der Waals surface area contributed by atoms with Gasteiger partial charge in [-0.3, -0.25) is 0 Å². The van der Waals surface area contributed by atoms with Crippen LogP contribution in [0.15, 0.2) is 24.4 Å². The molecule has 1 aliphatic heterocycles. The molecule has 0 saturated carbocycles. The summed E-state index contributed by atoms with van der Waals surface area (Å²) in [5.74, 6) is -1.23. The first-order chi connectivity index (χ1) is 12.5. The molecule has 1 fully saturated rings. The van der Waals surface area contributed by atoms with Crippen molar-refractivity contribution in [1.82, 2.24) is 9.47 Å². The Morgan fingerprint density at radius 3 is 2.62 bits per heavy atom. The first kappa shape index (κ1) is 17.8. The first-order valence-corrected chi connectivity index (χ1v) is 8.19. The average molecular weight is 357 g/mol. The van der Waals surface area contributed by atoms with Crippen LogP contribution in [0.25, 0.3) is 5.69 Å². The fourth-order valence-corrected chi connectivity index (χ4v) is 3.14. The van der Waals surface area contributed by atoms with Crippen molar-refractivity contribution in [3.63, 3.8) is 0 Å². The van der Waals surface area contributed by atoms with Gasteiger partial charge < -0.3 is 24.8 Å². The lowest BCUT2D eigenvalue weighted by Crippen LogP contribution is -2.44. The van der Waals surface area contributed by atoms with Gasteiger partial charge in [0.15, 0.2) is 5.69 Å². The van der Waals surface area contributed by atoms with Crippen LogP contribution in [0.4, 0.5) is 15.8 Å². The molecule has 0 amide bonds. The number of hydrogen-bond acceptors (Lipinski definition) is 6. The number of carbonyl (C=O) groups is 1. The van der Waals surface area contributed by atoms with Crippen molar-refractivity contribution in [3.05, 3.63) is 41.5 Å².